The summed E-state index contributed by atoms with van der Waals surface area (Å²) in [5, 5.41) is 19.3. The summed E-state index contributed by atoms with van der Waals surface area (Å²) in [7, 11) is 3.79. The molecule has 1 fully saturated rings. The molecule has 0 aliphatic carbocycles. The smallest absolute Gasteiger partial charge is 0.323 e. The number of amides is 2. The standard InChI is InChI=1S/C32H33N9O3S/c1-40-11-13-41(14-12-40)10-3-15-44-28-18-26-24(17-27(28)43-2)30(35-20-34-26)39-32-38-25-9-8-23(16-29(25)45-32)37-31(42)36-22-6-4-21(19-33)5-7-22/h4-9,16-18,20H,3,10-15H2,1-2H3,(H2,36,37,42)(H,34,35,38,39). The van der Waals surface area contributed by atoms with Crippen LogP contribution in [0.4, 0.5) is 27.1 Å². The van der Waals surface area contributed by atoms with Crippen molar-refractivity contribution in [2.24, 2.45) is 0 Å². The van der Waals surface area contributed by atoms with Crippen LogP contribution in [0.25, 0.3) is 21.1 Å². The average Bonchev–Trinajstić information content (AvgIpc) is 3.45. The highest BCUT2D eigenvalue weighted by atomic mass is 32.1. The molecular weight excluding hydrogens is 590 g/mol. The Morgan fingerprint density at radius 1 is 0.978 bits per heavy atom. The van der Waals surface area contributed by atoms with E-state index in [0.717, 1.165) is 60.3 Å². The van der Waals surface area contributed by atoms with Gasteiger partial charge in [0, 0.05) is 55.6 Å². The minimum atomic E-state index is -0.387. The molecule has 2 aromatic heterocycles. The summed E-state index contributed by atoms with van der Waals surface area (Å²) in [6.07, 6.45) is 2.44. The molecule has 3 N–H and O–H groups in total. The molecule has 13 heteroatoms. The van der Waals surface area contributed by atoms with Crippen molar-refractivity contribution in [1.29, 1.82) is 5.26 Å². The number of aromatic nitrogens is 3. The third-order valence-electron chi connectivity index (χ3n) is 7.54. The van der Waals surface area contributed by atoms with Crippen molar-refractivity contribution in [3.05, 3.63) is 66.5 Å². The Bertz CT molecular complexity index is 1850. The number of methoxy groups -OCH3 is 1. The van der Waals surface area contributed by atoms with Crippen molar-refractivity contribution in [3.8, 4) is 17.6 Å². The van der Waals surface area contributed by atoms with E-state index in [4.69, 9.17) is 19.7 Å². The molecule has 2 amide bonds. The molecule has 0 saturated carbocycles. The van der Waals surface area contributed by atoms with E-state index in [1.807, 2.05) is 24.3 Å². The zero-order valence-electron chi connectivity index (χ0n) is 25.0. The van der Waals surface area contributed by atoms with Crippen molar-refractivity contribution < 1.29 is 14.3 Å². The predicted octanol–water partition coefficient (Wildman–Crippen LogP) is 5.52. The van der Waals surface area contributed by atoms with Gasteiger partial charge in [0.25, 0.3) is 0 Å². The SMILES string of the molecule is COc1cc2c(Nc3nc4ccc(NC(=O)Nc5ccc(C#N)cc5)cc4s3)ncnc2cc1OCCCN1CCN(C)CC1. The third kappa shape index (κ3) is 7.38. The van der Waals surface area contributed by atoms with Crippen LogP contribution in [0.15, 0.2) is 60.9 Å². The Morgan fingerprint density at radius 3 is 2.53 bits per heavy atom. The summed E-state index contributed by atoms with van der Waals surface area (Å²) in [6, 6.07) is 17.6. The minimum absolute atomic E-state index is 0.387. The van der Waals surface area contributed by atoms with Crippen molar-refractivity contribution in [1.82, 2.24) is 24.8 Å². The van der Waals surface area contributed by atoms with E-state index in [0.29, 0.717) is 46.0 Å². The van der Waals surface area contributed by atoms with Gasteiger partial charge >= 0.3 is 6.03 Å². The van der Waals surface area contributed by atoms with Gasteiger partial charge in [0.15, 0.2) is 16.6 Å². The fourth-order valence-electron chi connectivity index (χ4n) is 5.06. The zero-order valence-corrected chi connectivity index (χ0v) is 25.9. The van der Waals surface area contributed by atoms with Gasteiger partial charge in [-0.05, 0) is 62.0 Å². The second-order valence-corrected chi connectivity index (χ2v) is 11.7. The molecule has 3 heterocycles. The topological polar surface area (TPSA) is 141 Å². The first kappa shape index (κ1) is 30.0. The lowest BCUT2D eigenvalue weighted by atomic mass is 10.2. The number of urea groups is 1. The van der Waals surface area contributed by atoms with E-state index >= 15 is 0 Å². The molecule has 0 atom stereocenters. The number of piperazine rings is 1. The number of thiazole rings is 1. The number of rotatable bonds is 10. The van der Waals surface area contributed by atoms with Gasteiger partial charge in [0.2, 0.25) is 0 Å². The number of fused-ring (bicyclic) bond motifs is 2. The van der Waals surface area contributed by atoms with Gasteiger partial charge in [-0.1, -0.05) is 11.3 Å². The Morgan fingerprint density at radius 2 is 1.76 bits per heavy atom. The number of anilines is 4. The maximum atomic E-state index is 12.5. The molecule has 1 aliphatic rings. The lowest BCUT2D eigenvalue weighted by Crippen LogP contribution is -2.44. The summed E-state index contributed by atoms with van der Waals surface area (Å²) < 4.78 is 12.7. The first-order valence-corrected chi connectivity index (χ1v) is 15.4. The van der Waals surface area contributed by atoms with Crippen molar-refractivity contribution in [2.75, 3.05) is 69.4 Å². The molecule has 45 heavy (non-hydrogen) atoms. The van der Waals surface area contributed by atoms with Gasteiger partial charge in [-0.25, -0.2) is 19.7 Å². The fourth-order valence-corrected chi connectivity index (χ4v) is 5.96. The lowest BCUT2D eigenvalue weighted by molar-refractivity contribution is 0.145. The van der Waals surface area contributed by atoms with Crippen LogP contribution in [0.5, 0.6) is 11.5 Å². The largest absolute Gasteiger partial charge is 0.493 e. The van der Waals surface area contributed by atoms with Gasteiger partial charge in [-0.3, -0.25) is 0 Å². The van der Waals surface area contributed by atoms with E-state index in [1.54, 1.807) is 37.4 Å². The zero-order chi connectivity index (χ0) is 31.2. The molecule has 5 aromatic rings. The molecule has 12 nitrogen and oxygen atoms in total. The molecule has 0 bridgehead atoms. The molecular formula is C32H33N9O3S. The van der Waals surface area contributed by atoms with Crippen LogP contribution in [0.1, 0.15) is 12.0 Å². The number of carbonyl (C=O) groups excluding carboxylic acids is 1. The van der Waals surface area contributed by atoms with Gasteiger partial charge < -0.3 is 35.2 Å². The van der Waals surface area contributed by atoms with Gasteiger partial charge in [-0.2, -0.15) is 5.26 Å². The van der Waals surface area contributed by atoms with Crippen molar-refractivity contribution in [2.45, 2.75) is 6.42 Å². The van der Waals surface area contributed by atoms with Crippen LogP contribution in [-0.4, -0.2) is 84.3 Å². The Balaban J connectivity index is 1.11. The summed E-state index contributed by atoms with van der Waals surface area (Å²) in [5.74, 6) is 1.86. The van der Waals surface area contributed by atoms with Gasteiger partial charge in [0.05, 0.1) is 41.1 Å². The van der Waals surface area contributed by atoms with Crippen LogP contribution in [0, 0.1) is 11.3 Å². The Hall–Kier alpha value is -5.03. The summed E-state index contributed by atoms with van der Waals surface area (Å²) in [6.45, 7) is 5.98. The van der Waals surface area contributed by atoms with Crippen LogP contribution in [0.3, 0.4) is 0 Å². The summed E-state index contributed by atoms with van der Waals surface area (Å²) in [4.78, 5) is 31.0. The van der Waals surface area contributed by atoms with E-state index in [-0.39, 0.29) is 6.03 Å². The number of benzene rings is 3. The second-order valence-electron chi connectivity index (χ2n) is 10.7. The second kappa shape index (κ2) is 13.7. The first-order valence-electron chi connectivity index (χ1n) is 14.6. The maximum absolute atomic E-state index is 12.5. The predicted molar refractivity (Wildman–Crippen MR) is 177 cm³/mol. The molecule has 0 radical (unpaired) electrons. The van der Waals surface area contributed by atoms with E-state index in [1.165, 1.54) is 17.7 Å². The number of nitrogens with one attached hydrogen (secondary N) is 3. The molecule has 3 aromatic carbocycles. The van der Waals surface area contributed by atoms with E-state index in [2.05, 4.69) is 48.8 Å². The molecule has 0 spiro atoms. The van der Waals surface area contributed by atoms with Gasteiger partial charge in [-0.15, -0.1) is 0 Å². The highest BCUT2D eigenvalue weighted by Crippen LogP contribution is 2.36. The molecule has 0 unspecified atom stereocenters. The first-order chi connectivity index (χ1) is 22.0. The number of ether oxygens (including phenoxy) is 2. The number of hydrogen-bond acceptors (Lipinski definition) is 11. The van der Waals surface area contributed by atoms with E-state index < -0.39 is 0 Å². The highest BCUT2D eigenvalue weighted by molar-refractivity contribution is 7.22. The van der Waals surface area contributed by atoms with Crippen LogP contribution < -0.4 is 25.4 Å². The Kier molecular flexibility index (Phi) is 9.16. The Labute approximate surface area is 264 Å². The number of hydrogen-bond donors (Lipinski definition) is 3. The molecule has 1 aliphatic heterocycles. The number of likely N-dealkylation sites (N-methyl/N-ethyl adjacent to an activating group) is 1. The van der Waals surface area contributed by atoms with Crippen molar-refractivity contribution in [3.63, 3.8) is 0 Å². The number of nitriles is 1. The third-order valence-corrected chi connectivity index (χ3v) is 8.47. The molecule has 1 saturated heterocycles. The summed E-state index contributed by atoms with van der Waals surface area (Å²) in [5.41, 5.74) is 3.24. The normalized spacial score (nSPS) is 13.8. The number of carbonyl (C=O) groups is 1. The monoisotopic (exact) mass is 623 g/mol. The summed E-state index contributed by atoms with van der Waals surface area (Å²) >= 11 is 1.44. The van der Waals surface area contributed by atoms with E-state index in [9.17, 15) is 4.79 Å². The van der Waals surface area contributed by atoms with Crippen molar-refractivity contribution >= 4 is 60.8 Å². The van der Waals surface area contributed by atoms with Crippen LogP contribution >= 0.6 is 11.3 Å². The fraction of sp³-hybridized carbons (Fsp3) is 0.281. The molecule has 230 valence electrons. The highest BCUT2D eigenvalue weighted by Gasteiger charge is 2.16. The average molecular weight is 624 g/mol. The maximum Gasteiger partial charge on any atom is 0.323 e. The number of nitrogens with zero attached hydrogens (tertiary/aromatic N) is 6. The quantitative estimate of drug-likeness (QED) is 0.170. The minimum Gasteiger partial charge on any atom is -0.493 e. The van der Waals surface area contributed by atoms with Crippen LogP contribution in [0.2, 0.25) is 0 Å². The van der Waals surface area contributed by atoms with Gasteiger partial charge in [0.1, 0.15) is 12.1 Å². The van der Waals surface area contributed by atoms with Crippen LogP contribution in [-0.2, 0) is 0 Å². The molecule has 6 rings (SSSR count). The lowest BCUT2D eigenvalue weighted by Gasteiger charge is -2.32.